The second-order valence-corrected chi connectivity index (χ2v) is 13.6. The van der Waals surface area contributed by atoms with Crippen LogP contribution in [0.1, 0.15) is 0 Å². The summed E-state index contributed by atoms with van der Waals surface area (Å²) in [6.45, 7) is 0. The maximum atomic E-state index is 6.58. The molecular weight excluding hydrogens is 671 g/mol. The van der Waals surface area contributed by atoms with Crippen LogP contribution in [0.5, 0.6) is 0 Å². The molecule has 0 bridgehead atoms. The zero-order chi connectivity index (χ0) is 36.6. The Morgan fingerprint density at radius 1 is 0.273 bits per heavy atom. The minimum Gasteiger partial charge on any atom is -0.456 e. The van der Waals surface area contributed by atoms with Crippen LogP contribution in [0.25, 0.3) is 101 Å². The molecule has 10 aromatic rings. The SMILES string of the molecule is c1ccc(-c2cc(-c3ccccc3)cc(-c3nc(-c4ccccc4)nc(-c4ccc5c(c4)oc4cccc(-c6cccc(-c7ccccc7)c6)c45)n3)c2)cc1. The summed E-state index contributed by atoms with van der Waals surface area (Å²) in [7, 11) is 0. The number of fused-ring (bicyclic) bond motifs is 3. The van der Waals surface area contributed by atoms with Gasteiger partial charge >= 0.3 is 0 Å². The standard InChI is InChI=1S/C51H33N3O/c1-5-15-34(16-6-1)38-23-13-24-39(29-38)44-25-14-26-46-48(44)45-28-27-40(33-47(45)55-46)50-52-49(37-21-11-4-12-22-37)53-51(54-50)43-31-41(35-17-7-2-8-18-35)30-42(32-43)36-19-9-3-10-20-36/h1-33H. The minimum absolute atomic E-state index is 0.577. The Bertz CT molecular complexity index is 2900. The van der Waals surface area contributed by atoms with Crippen LogP contribution < -0.4 is 0 Å². The van der Waals surface area contributed by atoms with Gasteiger partial charge in [-0.3, -0.25) is 0 Å². The number of aromatic nitrogens is 3. The fourth-order valence-electron chi connectivity index (χ4n) is 7.40. The van der Waals surface area contributed by atoms with Gasteiger partial charge < -0.3 is 4.42 Å². The average molecular weight is 704 g/mol. The normalized spacial score (nSPS) is 11.3. The van der Waals surface area contributed by atoms with Crippen LogP contribution >= 0.6 is 0 Å². The van der Waals surface area contributed by atoms with Crippen molar-refractivity contribution in [2.24, 2.45) is 0 Å². The van der Waals surface area contributed by atoms with Gasteiger partial charge in [0, 0.05) is 27.5 Å². The van der Waals surface area contributed by atoms with Crippen molar-refractivity contribution in [1.82, 2.24) is 15.0 Å². The maximum absolute atomic E-state index is 6.58. The third-order valence-electron chi connectivity index (χ3n) is 10.1. The van der Waals surface area contributed by atoms with Gasteiger partial charge in [-0.2, -0.15) is 0 Å². The summed E-state index contributed by atoms with van der Waals surface area (Å²) in [5.74, 6) is 1.79. The molecule has 10 rings (SSSR count). The quantitative estimate of drug-likeness (QED) is 0.166. The van der Waals surface area contributed by atoms with Crippen LogP contribution in [0.15, 0.2) is 205 Å². The van der Waals surface area contributed by atoms with E-state index >= 15 is 0 Å². The summed E-state index contributed by atoms with van der Waals surface area (Å²) in [6.07, 6.45) is 0. The molecule has 258 valence electrons. The van der Waals surface area contributed by atoms with Crippen LogP contribution in [0.4, 0.5) is 0 Å². The van der Waals surface area contributed by atoms with Gasteiger partial charge in [0.2, 0.25) is 0 Å². The predicted octanol–water partition coefficient (Wildman–Crippen LogP) is 13.4. The third kappa shape index (κ3) is 6.26. The molecule has 4 nitrogen and oxygen atoms in total. The first-order valence-electron chi connectivity index (χ1n) is 18.4. The lowest BCUT2D eigenvalue weighted by Gasteiger charge is -2.12. The van der Waals surface area contributed by atoms with E-state index in [0.29, 0.717) is 17.5 Å². The minimum atomic E-state index is 0.577. The van der Waals surface area contributed by atoms with E-state index in [4.69, 9.17) is 19.4 Å². The Labute approximate surface area is 319 Å². The number of hydrogen-bond acceptors (Lipinski definition) is 4. The third-order valence-corrected chi connectivity index (χ3v) is 10.1. The monoisotopic (exact) mass is 703 g/mol. The summed E-state index contributed by atoms with van der Waals surface area (Å²) >= 11 is 0. The Morgan fingerprint density at radius 3 is 1.35 bits per heavy atom. The number of nitrogens with zero attached hydrogens (tertiary/aromatic N) is 3. The summed E-state index contributed by atoms with van der Waals surface area (Å²) < 4.78 is 6.58. The Kier molecular flexibility index (Phi) is 8.12. The first-order chi connectivity index (χ1) is 27.2. The van der Waals surface area contributed by atoms with Crippen LogP contribution in [0.3, 0.4) is 0 Å². The van der Waals surface area contributed by atoms with E-state index in [1.54, 1.807) is 0 Å². The van der Waals surface area contributed by atoms with Crippen molar-refractivity contribution in [3.8, 4) is 78.7 Å². The molecule has 0 fully saturated rings. The predicted molar refractivity (Wildman–Crippen MR) is 225 cm³/mol. The maximum Gasteiger partial charge on any atom is 0.164 e. The van der Waals surface area contributed by atoms with Gasteiger partial charge in [-0.25, -0.2) is 15.0 Å². The van der Waals surface area contributed by atoms with Crippen molar-refractivity contribution in [3.05, 3.63) is 200 Å². The Balaban J connectivity index is 1.12. The van der Waals surface area contributed by atoms with Crippen molar-refractivity contribution >= 4 is 21.9 Å². The zero-order valence-electron chi connectivity index (χ0n) is 29.8. The molecule has 55 heavy (non-hydrogen) atoms. The van der Waals surface area contributed by atoms with E-state index in [9.17, 15) is 0 Å². The van der Waals surface area contributed by atoms with Crippen molar-refractivity contribution in [3.63, 3.8) is 0 Å². The number of furan rings is 1. The van der Waals surface area contributed by atoms with E-state index in [1.807, 2.05) is 54.6 Å². The molecule has 0 atom stereocenters. The van der Waals surface area contributed by atoms with Gasteiger partial charge in [-0.15, -0.1) is 0 Å². The highest BCUT2D eigenvalue weighted by atomic mass is 16.3. The van der Waals surface area contributed by atoms with E-state index in [1.165, 1.54) is 11.1 Å². The van der Waals surface area contributed by atoms with Gasteiger partial charge in [0.25, 0.3) is 0 Å². The summed E-state index contributed by atoms with van der Waals surface area (Å²) in [6, 6.07) is 69.3. The van der Waals surface area contributed by atoms with Crippen LogP contribution in [-0.4, -0.2) is 15.0 Å². The molecule has 0 aliphatic rings. The molecule has 0 unspecified atom stereocenters. The Morgan fingerprint density at radius 2 is 0.727 bits per heavy atom. The molecule has 0 saturated carbocycles. The summed E-state index contributed by atoms with van der Waals surface area (Å²) in [5, 5.41) is 2.13. The van der Waals surface area contributed by atoms with E-state index < -0.39 is 0 Å². The second-order valence-electron chi connectivity index (χ2n) is 13.6. The summed E-state index contributed by atoms with van der Waals surface area (Å²) in [5.41, 5.74) is 13.4. The van der Waals surface area contributed by atoms with Crippen LogP contribution in [0, 0.1) is 0 Å². The molecule has 0 amide bonds. The fraction of sp³-hybridized carbons (Fsp3) is 0. The fourth-order valence-corrected chi connectivity index (χ4v) is 7.40. The lowest BCUT2D eigenvalue weighted by molar-refractivity contribution is 0.669. The molecule has 8 aromatic carbocycles. The number of hydrogen-bond donors (Lipinski definition) is 0. The molecule has 0 saturated heterocycles. The number of benzene rings is 8. The molecule has 2 heterocycles. The molecule has 0 radical (unpaired) electrons. The highest BCUT2D eigenvalue weighted by molar-refractivity contribution is 6.13. The lowest BCUT2D eigenvalue weighted by atomic mass is 9.95. The highest BCUT2D eigenvalue weighted by Gasteiger charge is 2.18. The van der Waals surface area contributed by atoms with Gasteiger partial charge in [-0.05, 0) is 87.0 Å². The Hall–Kier alpha value is -7.43. The molecular formula is C51H33N3O. The van der Waals surface area contributed by atoms with E-state index in [2.05, 4.69) is 146 Å². The number of rotatable bonds is 7. The lowest BCUT2D eigenvalue weighted by Crippen LogP contribution is -2.00. The van der Waals surface area contributed by atoms with Gasteiger partial charge in [0.1, 0.15) is 11.2 Å². The van der Waals surface area contributed by atoms with E-state index in [-0.39, 0.29) is 0 Å². The van der Waals surface area contributed by atoms with Gasteiger partial charge in [0.05, 0.1) is 0 Å². The van der Waals surface area contributed by atoms with Crippen molar-refractivity contribution in [1.29, 1.82) is 0 Å². The van der Waals surface area contributed by atoms with Crippen LogP contribution in [0.2, 0.25) is 0 Å². The average Bonchev–Trinajstić information content (AvgIpc) is 3.66. The molecule has 0 N–H and O–H groups in total. The largest absolute Gasteiger partial charge is 0.456 e. The molecule has 2 aromatic heterocycles. The topological polar surface area (TPSA) is 51.8 Å². The van der Waals surface area contributed by atoms with Crippen LogP contribution in [-0.2, 0) is 0 Å². The highest BCUT2D eigenvalue weighted by Crippen LogP contribution is 2.40. The first kappa shape index (κ1) is 32.2. The van der Waals surface area contributed by atoms with E-state index in [0.717, 1.165) is 72.0 Å². The molecule has 0 aliphatic heterocycles. The molecule has 0 aliphatic carbocycles. The van der Waals surface area contributed by atoms with Crippen molar-refractivity contribution in [2.45, 2.75) is 0 Å². The second kappa shape index (κ2) is 13.8. The van der Waals surface area contributed by atoms with Crippen molar-refractivity contribution < 1.29 is 4.42 Å². The molecule has 4 heteroatoms. The van der Waals surface area contributed by atoms with Gasteiger partial charge in [0.15, 0.2) is 17.5 Å². The summed E-state index contributed by atoms with van der Waals surface area (Å²) in [4.78, 5) is 15.3. The van der Waals surface area contributed by atoms with Gasteiger partial charge in [-0.1, -0.05) is 158 Å². The smallest absolute Gasteiger partial charge is 0.164 e. The van der Waals surface area contributed by atoms with Crippen molar-refractivity contribution in [2.75, 3.05) is 0 Å². The molecule has 0 spiro atoms. The first-order valence-corrected chi connectivity index (χ1v) is 18.4. The zero-order valence-corrected chi connectivity index (χ0v) is 29.8.